The van der Waals surface area contributed by atoms with Crippen molar-refractivity contribution in [3.63, 3.8) is 0 Å². The Morgan fingerprint density at radius 3 is 2.38 bits per heavy atom. The third-order valence-corrected chi connectivity index (χ3v) is 4.55. The Balaban J connectivity index is 2.19. The number of hydrogen-bond donors (Lipinski definition) is 0. The summed E-state index contributed by atoms with van der Waals surface area (Å²) in [6.45, 7) is 0. The lowest BCUT2D eigenvalue weighted by Crippen LogP contribution is -2.03. The molecule has 1 aliphatic carbocycles. The van der Waals surface area contributed by atoms with Crippen LogP contribution in [0.2, 0.25) is 0 Å². The number of benzene rings is 3. The molecule has 0 saturated carbocycles. The van der Waals surface area contributed by atoms with Crippen molar-refractivity contribution < 1.29 is 4.92 Å². The van der Waals surface area contributed by atoms with Gasteiger partial charge in [-0.2, -0.15) is 0 Å². The summed E-state index contributed by atoms with van der Waals surface area (Å²) < 4.78 is 0. The van der Waals surface area contributed by atoms with Crippen molar-refractivity contribution in [3.05, 3.63) is 63.7 Å². The van der Waals surface area contributed by atoms with E-state index in [9.17, 15) is 10.1 Å². The zero-order chi connectivity index (χ0) is 14.4. The second-order valence-electron chi connectivity index (χ2n) is 5.70. The molecular weight excluding hydrogens is 262 g/mol. The monoisotopic (exact) mass is 277 g/mol. The minimum Gasteiger partial charge on any atom is -0.258 e. The van der Waals surface area contributed by atoms with Gasteiger partial charge in [0.15, 0.2) is 0 Å². The van der Waals surface area contributed by atoms with Gasteiger partial charge in [0.1, 0.15) is 0 Å². The molecule has 3 aromatic carbocycles. The third-order valence-electron chi connectivity index (χ3n) is 4.55. The molecule has 0 bridgehead atoms. The number of aryl methyl sites for hydroxylation is 2. The van der Waals surface area contributed by atoms with Crippen molar-refractivity contribution in [2.45, 2.75) is 25.7 Å². The SMILES string of the molecule is O=[N+]([O-])c1cc2c3c(ccc2c2ccccc12)CCCC3. The summed E-state index contributed by atoms with van der Waals surface area (Å²) in [6, 6.07) is 13.7. The average molecular weight is 277 g/mol. The lowest BCUT2D eigenvalue weighted by atomic mass is 9.86. The zero-order valence-electron chi connectivity index (χ0n) is 11.6. The van der Waals surface area contributed by atoms with Crippen molar-refractivity contribution in [3.8, 4) is 0 Å². The van der Waals surface area contributed by atoms with Gasteiger partial charge in [-0.1, -0.05) is 30.3 Å². The molecule has 0 heterocycles. The van der Waals surface area contributed by atoms with Gasteiger partial charge in [0.2, 0.25) is 0 Å². The number of rotatable bonds is 1. The van der Waals surface area contributed by atoms with Gasteiger partial charge >= 0.3 is 0 Å². The molecule has 0 atom stereocenters. The van der Waals surface area contributed by atoms with E-state index in [0.717, 1.165) is 34.4 Å². The Morgan fingerprint density at radius 2 is 1.57 bits per heavy atom. The number of hydrogen-bond acceptors (Lipinski definition) is 2. The summed E-state index contributed by atoms with van der Waals surface area (Å²) in [6.07, 6.45) is 4.51. The van der Waals surface area contributed by atoms with E-state index in [1.807, 2.05) is 24.3 Å². The summed E-state index contributed by atoms with van der Waals surface area (Å²) in [5, 5.41) is 15.3. The third kappa shape index (κ3) is 1.81. The molecule has 104 valence electrons. The van der Waals surface area contributed by atoms with E-state index in [4.69, 9.17) is 0 Å². The highest BCUT2D eigenvalue weighted by Crippen LogP contribution is 2.37. The largest absolute Gasteiger partial charge is 0.277 e. The fourth-order valence-corrected chi connectivity index (χ4v) is 3.56. The first-order valence-electron chi connectivity index (χ1n) is 7.36. The lowest BCUT2D eigenvalue weighted by Gasteiger charge is -2.18. The number of nitro groups is 1. The van der Waals surface area contributed by atoms with Crippen molar-refractivity contribution >= 4 is 27.2 Å². The first-order chi connectivity index (χ1) is 10.3. The highest BCUT2D eigenvalue weighted by atomic mass is 16.6. The van der Waals surface area contributed by atoms with E-state index in [2.05, 4.69) is 12.1 Å². The van der Waals surface area contributed by atoms with Crippen LogP contribution in [-0.2, 0) is 12.8 Å². The summed E-state index contributed by atoms with van der Waals surface area (Å²) >= 11 is 0. The molecule has 3 aromatic rings. The smallest absolute Gasteiger partial charge is 0.258 e. The maximum atomic E-state index is 11.4. The van der Waals surface area contributed by atoms with Crippen LogP contribution in [-0.4, -0.2) is 4.92 Å². The molecule has 0 amide bonds. The Morgan fingerprint density at radius 1 is 0.857 bits per heavy atom. The molecule has 3 heteroatoms. The van der Waals surface area contributed by atoms with Gasteiger partial charge in [-0.15, -0.1) is 0 Å². The predicted molar refractivity (Wildman–Crippen MR) is 84.8 cm³/mol. The number of fused-ring (bicyclic) bond motifs is 5. The Hall–Kier alpha value is -2.42. The minimum absolute atomic E-state index is 0.220. The molecule has 0 unspecified atom stereocenters. The Labute approximate surface area is 122 Å². The predicted octanol–water partition coefficient (Wildman–Crippen LogP) is 4.78. The molecule has 0 radical (unpaired) electrons. The second-order valence-corrected chi connectivity index (χ2v) is 5.70. The number of non-ortho nitro benzene ring substituents is 1. The Kier molecular flexibility index (Phi) is 2.67. The maximum absolute atomic E-state index is 11.4. The van der Waals surface area contributed by atoms with E-state index in [1.165, 1.54) is 24.0 Å². The molecule has 0 N–H and O–H groups in total. The van der Waals surface area contributed by atoms with Crippen LogP contribution in [0.3, 0.4) is 0 Å². The molecule has 4 rings (SSSR count). The molecule has 21 heavy (non-hydrogen) atoms. The van der Waals surface area contributed by atoms with E-state index < -0.39 is 0 Å². The number of nitrogens with zero attached hydrogens (tertiary/aromatic N) is 1. The van der Waals surface area contributed by atoms with Crippen LogP contribution in [0, 0.1) is 10.1 Å². The van der Waals surface area contributed by atoms with Gasteiger partial charge in [0.25, 0.3) is 5.69 Å². The number of nitro benzene ring substituents is 1. The average Bonchev–Trinajstić information content (AvgIpc) is 2.53. The molecule has 0 aliphatic heterocycles. The zero-order valence-corrected chi connectivity index (χ0v) is 11.6. The fourth-order valence-electron chi connectivity index (χ4n) is 3.56. The van der Waals surface area contributed by atoms with Crippen LogP contribution in [0.15, 0.2) is 42.5 Å². The summed E-state index contributed by atoms with van der Waals surface area (Å²) in [4.78, 5) is 11.2. The molecule has 1 aliphatic rings. The summed E-state index contributed by atoms with van der Waals surface area (Å²) in [5.74, 6) is 0. The van der Waals surface area contributed by atoms with Gasteiger partial charge in [-0.25, -0.2) is 0 Å². The Bertz CT molecular complexity index is 883. The normalized spacial score (nSPS) is 14.3. The van der Waals surface area contributed by atoms with E-state index in [-0.39, 0.29) is 10.6 Å². The quantitative estimate of drug-likeness (QED) is 0.365. The van der Waals surface area contributed by atoms with Crippen molar-refractivity contribution in [1.82, 2.24) is 0 Å². The van der Waals surface area contributed by atoms with Gasteiger partial charge in [0.05, 0.1) is 10.3 Å². The van der Waals surface area contributed by atoms with Crippen LogP contribution in [0.4, 0.5) is 5.69 Å². The fraction of sp³-hybridized carbons (Fsp3) is 0.222. The van der Waals surface area contributed by atoms with Crippen LogP contribution in [0.5, 0.6) is 0 Å². The van der Waals surface area contributed by atoms with Gasteiger partial charge in [-0.05, 0) is 59.0 Å². The van der Waals surface area contributed by atoms with Crippen LogP contribution >= 0.6 is 0 Å². The molecule has 0 saturated heterocycles. The van der Waals surface area contributed by atoms with Crippen LogP contribution in [0.25, 0.3) is 21.5 Å². The topological polar surface area (TPSA) is 43.1 Å². The van der Waals surface area contributed by atoms with E-state index in [1.54, 1.807) is 6.07 Å². The minimum atomic E-state index is -0.260. The molecule has 0 spiro atoms. The van der Waals surface area contributed by atoms with E-state index in [0.29, 0.717) is 0 Å². The summed E-state index contributed by atoms with van der Waals surface area (Å²) in [7, 11) is 0. The second kappa shape index (κ2) is 4.55. The van der Waals surface area contributed by atoms with Crippen molar-refractivity contribution in [2.24, 2.45) is 0 Å². The molecule has 0 fully saturated rings. The molecule has 3 nitrogen and oxygen atoms in total. The standard InChI is InChI=1S/C18H15NO2/c20-19(21)18-11-17-13-6-2-1-5-12(13)9-10-15(17)14-7-3-4-8-16(14)18/h3-4,7-11H,1-2,5-6H2. The lowest BCUT2D eigenvalue weighted by molar-refractivity contribution is -0.382. The van der Waals surface area contributed by atoms with Crippen molar-refractivity contribution in [1.29, 1.82) is 0 Å². The van der Waals surface area contributed by atoms with Gasteiger partial charge < -0.3 is 0 Å². The van der Waals surface area contributed by atoms with Gasteiger partial charge in [0, 0.05) is 6.07 Å². The maximum Gasteiger partial charge on any atom is 0.277 e. The highest BCUT2D eigenvalue weighted by molar-refractivity contribution is 6.12. The molecular formula is C18H15NO2. The first-order valence-corrected chi connectivity index (χ1v) is 7.36. The highest BCUT2D eigenvalue weighted by Gasteiger charge is 2.19. The van der Waals surface area contributed by atoms with Crippen LogP contribution in [0.1, 0.15) is 24.0 Å². The first kappa shape index (κ1) is 12.3. The van der Waals surface area contributed by atoms with Crippen LogP contribution < -0.4 is 0 Å². The van der Waals surface area contributed by atoms with Gasteiger partial charge in [-0.3, -0.25) is 10.1 Å². The van der Waals surface area contributed by atoms with E-state index >= 15 is 0 Å². The summed E-state index contributed by atoms with van der Waals surface area (Å²) in [5.41, 5.74) is 2.89. The molecule has 0 aromatic heterocycles. The van der Waals surface area contributed by atoms with Crippen molar-refractivity contribution in [2.75, 3.05) is 0 Å².